The zero-order chi connectivity index (χ0) is 21.3. The molecule has 0 unspecified atom stereocenters. The summed E-state index contributed by atoms with van der Waals surface area (Å²) >= 11 is 1.26. The number of aromatic nitrogens is 3. The number of amides is 2. The number of nitrogens with one attached hydrogen (secondary N) is 3. The van der Waals surface area contributed by atoms with Gasteiger partial charge in [-0.3, -0.25) is 14.7 Å². The Balaban J connectivity index is 1.49. The Hall–Kier alpha value is -3.33. The molecular formula is C21H23N5O3S. The summed E-state index contributed by atoms with van der Waals surface area (Å²) in [5.41, 5.74) is 1.78. The summed E-state index contributed by atoms with van der Waals surface area (Å²) in [4.78, 5) is 28.8. The van der Waals surface area contributed by atoms with E-state index in [-0.39, 0.29) is 17.6 Å². The summed E-state index contributed by atoms with van der Waals surface area (Å²) < 4.78 is 5.39. The molecule has 2 aromatic carbocycles. The minimum absolute atomic E-state index is 0.172. The average molecular weight is 426 g/mol. The van der Waals surface area contributed by atoms with Crippen LogP contribution in [0.25, 0.3) is 0 Å². The van der Waals surface area contributed by atoms with Crippen molar-refractivity contribution in [3.63, 3.8) is 0 Å². The SMILES string of the molecule is CCOc1ccc(NC(=O)c2ccc(NC(=O)CSc3n[nH]c(CC)n3)cc2)cc1. The summed E-state index contributed by atoms with van der Waals surface area (Å²) in [5.74, 6) is 1.33. The molecule has 3 rings (SSSR count). The Bertz CT molecular complexity index is 987. The molecule has 3 aromatic rings. The van der Waals surface area contributed by atoms with Crippen molar-refractivity contribution in [3.8, 4) is 5.75 Å². The molecule has 3 N–H and O–H groups in total. The first kappa shape index (κ1) is 21.4. The first-order valence-corrected chi connectivity index (χ1v) is 10.5. The Morgan fingerprint density at radius 2 is 1.67 bits per heavy atom. The molecule has 0 aliphatic rings. The predicted molar refractivity (Wildman–Crippen MR) is 117 cm³/mol. The third-order valence-corrected chi connectivity index (χ3v) is 4.88. The number of nitrogens with zero attached hydrogens (tertiary/aromatic N) is 2. The highest BCUT2D eigenvalue weighted by atomic mass is 32.2. The van der Waals surface area contributed by atoms with Crippen LogP contribution in [0.5, 0.6) is 5.75 Å². The monoisotopic (exact) mass is 425 g/mol. The molecule has 8 nitrogen and oxygen atoms in total. The zero-order valence-electron chi connectivity index (χ0n) is 16.8. The second-order valence-corrected chi connectivity index (χ2v) is 7.19. The topological polar surface area (TPSA) is 109 Å². The van der Waals surface area contributed by atoms with Gasteiger partial charge in [0, 0.05) is 23.4 Å². The van der Waals surface area contributed by atoms with Gasteiger partial charge in [0.1, 0.15) is 11.6 Å². The third kappa shape index (κ3) is 6.08. The number of hydrogen-bond donors (Lipinski definition) is 3. The highest BCUT2D eigenvalue weighted by molar-refractivity contribution is 7.99. The fourth-order valence-corrected chi connectivity index (χ4v) is 3.15. The highest BCUT2D eigenvalue weighted by Crippen LogP contribution is 2.18. The lowest BCUT2D eigenvalue weighted by molar-refractivity contribution is -0.113. The van der Waals surface area contributed by atoms with Crippen LogP contribution in [0.2, 0.25) is 0 Å². The number of rotatable bonds is 9. The Morgan fingerprint density at radius 3 is 2.30 bits per heavy atom. The second-order valence-electron chi connectivity index (χ2n) is 6.24. The first-order chi connectivity index (χ1) is 14.6. The maximum atomic E-state index is 12.4. The van der Waals surface area contributed by atoms with Gasteiger partial charge in [0.25, 0.3) is 5.91 Å². The van der Waals surface area contributed by atoms with Gasteiger partial charge < -0.3 is 15.4 Å². The fraction of sp³-hybridized carbons (Fsp3) is 0.238. The molecule has 156 valence electrons. The van der Waals surface area contributed by atoms with Gasteiger partial charge in [-0.05, 0) is 55.5 Å². The smallest absolute Gasteiger partial charge is 0.255 e. The van der Waals surface area contributed by atoms with E-state index >= 15 is 0 Å². The molecule has 0 saturated carbocycles. The van der Waals surface area contributed by atoms with Gasteiger partial charge in [0.05, 0.1) is 12.4 Å². The largest absolute Gasteiger partial charge is 0.494 e. The molecule has 2 amide bonds. The standard InChI is InChI=1S/C21H23N5O3S/c1-3-18-24-21(26-25-18)30-13-19(27)22-15-7-5-14(6-8-15)20(28)23-16-9-11-17(12-10-16)29-4-2/h5-12H,3-4,13H2,1-2H3,(H,22,27)(H,23,28)(H,24,25,26). The van der Waals surface area contributed by atoms with E-state index in [0.29, 0.717) is 28.7 Å². The van der Waals surface area contributed by atoms with E-state index in [1.165, 1.54) is 11.8 Å². The number of aromatic amines is 1. The normalized spacial score (nSPS) is 10.5. The van der Waals surface area contributed by atoms with Crippen molar-refractivity contribution < 1.29 is 14.3 Å². The number of hydrogen-bond acceptors (Lipinski definition) is 6. The minimum atomic E-state index is -0.232. The van der Waals surface area contributed by atoms with Crippen molar-refractivity contribution in [1.29, 1.82) is 0 Å². The number of thioether (sulfide) groups is 1. The summed E-state index contributed by atoms with van der Waals surface area (Å²) in [5, 5.41) is 13.0. The van der Waals surface area contributed by atoms with Crippen molar-refractivity contribution >= 4 is 35.0 Å². The average Bonchev–Trinajstić information content (AvgIpc) is 3.22. The fourth-order valence-electron chi connectivity index (χ4n) is 2.54. The first-order valence-electron chi connectivity index (χ1n) is 9.55. The number of benzene rings is 2. The number of carbonyl (C=O) groups is 2. The number of anilines is 2. The van der Waals surface area contributed by atoms with Gasteiger partial charge in [0.15, 0.2) is 0 Å². The Morgan fingerprint density at radius 1 is 1.00 bits per heavy atom. The number of ether oxygens (including phenoxy) is 1. The number of carbonyl (C=O) groups excluding carboxylic acids is 2. The van der Waals surface area contributed by atoms with E-state index in [9.17, 15) is 9.59 Å². The van der Waals surface area contributed by atoms with Gasteiger partial charge in [0.2, 0.25) is 11.1 Å². The van der Waals surface area contributed by atoms with Crippen LogP contribution in [0.1, 0.15) is 30.0 Å². The summed E-state index contributed by atoms with van der Waals surface area (Å²) in [6.45, 7) is 4.48. The van der Waals surface area contributed by atoms with Gasteiger partial charge in [-0.15, -0.1) is 5.10 Å². The van der Waals surface area contributed by atoms with Crippen molar-refractivity contribution in [2.75, 3.05) is 23.0 Å². The minimum Gasteiger partial charge on any atom is -0.494 e. The molecule has 9 heteroatoms. The van der Waals surface area contributed by atoms with Gasteiger partial charge in [-0.2, -0.15) is 0 Å². The van der Waals surface area contributed by atoms with Crippen molar-refractivity contribution in [2.24, 2.45) is 0 Å². The molecule has 0 radical (unpaired) electrons. The maximum Gasteiger partial charge on any atom is 0.255 e. The second kappa shape index (κ2) is 10.4. The van der Waals surface area contributed by atoms with E-state index in [1.807, 2.05) is 13.8 Å². The molecular weight excluding hydrogens is 402 g/mol. The van der Waals surface area contributed by atoms with Crippen molar-refractivity contribution in [2.45, 2.75) is 25.4 Å². The molecule has 0 fully saturated rings. The molecule has 30 heavy (non-hydrogen) atoms. The molecule has 0 bridgehead atoms. The zero-order valence-corrected chi connectivity index (χ0v) is 17.6. The summed E-state index contributed by atoms with van der Waals surface area (Å²) in [6, 6.07) is 13.9. The lowest BCUT2D eigenvalue weighted by atomic mass is 10.2. The molecule has 1 heterocycles. The van der Waals surface area contributed by atoms with Crippen LogP contribution in [-0.4, -0.2) is 39.4 Å². The summed E-state index contributed by atoms with van der Waals surface area (Å²) in [6.07, 6.45) is 0.762. The molecule has 0 atom stereocenters. The number of H-pyrrole nitrogens is 1. The van der Waals surface area contributed by atoms with Gasteiger partial charge in [-0.1, -0.05) is 18.7 Å². The van der Waals surface area contributed by atoms with Gasteiger partial charge >= 0.3 is 0 Å². The third-order valence-electron chi connectivity index (χ3n) is 4.03. The van der Waals surface area contributed by atoms with Crippen molar-refractivity contribution in [1.82, 2.24) is 15.2 Å². The van der Waals surface area contributed by atoms with E-state index in [4.69, 9.17) is 4.74 Å². The predicted octanol–water partition coefficient (Wildman–Crippen LogP) is 3.75. The van der Waals surface area contributed by atoms with E-state index in [1.54, 1.807) is 48.5 Å². The molecule has 0 aliphatic carbocycles. The quantitative estimate of drug-likeness (QED) is 0.451. The van der Waals surface area contributed by atoms with Crippen LogP contribution in [-0.2, 0) is 11.2 Å². The van der Waals surface area contributed by atoms with Crippen LogP contribution < -0.4 is 15.4 Å². The van der Waals surface area contributed by atoms with Gasteiger partial charge in [-0.25, -0.2) is 4.98 Å². The molecule has 0 aliphatic heterocycles. The van der Waals surface area contributed by atoms with Crippen LogP contribution in [0.3, 0.4) is 0 Å². The van der Waals surface area contributed by atoms with Crippen molar-refractivity contribution in [3.05, 3.63) is 59.9 Å². The van der Waals surface area contributed by atoms with Crippen LogP contribution in [0.4, 0.5) is 11.4 Å². The van der Waals surface area contributed by atoms with E-state index in [2.05, 4.69) is 25.8 Å². The summed E-state index contributed by atoms with van der Waals surface area (Å²) in [7, 11) is 0. The Labute approximate surface area is 178 Å². The van der Waals surface area contributed by atoms with Crippen LogP contribution in [0.15, 0.2) is 53.7 Å². The highest BCUT2D eigenvalue weighted by Gasteiger charge is 2.09. The van der Waals surface area contributed by atoms with Crippen LogP contribution >= 0.6 is 11.8 Å². The van der Waals surface area contributed by atoms with Crippen LogP contribution in [0, 0.1) is 0 Å². The lowest BCUT2D eigenvalue weighted by Crippen LogP contribution is -2.15. The molecule has 0 saturated heterocycles. The Kier molecular flexibility index (Phi) is 7.45. The number of aryl methyl sites for hydroxylation is 1. The van der Waals surface area contributed by atoms with E-state index < -0.39 is 0 Å². The maximum absolute atomic E-state index is 12.4. The molecule has 1 aromatic heterocycles. The van der Waals surface area contributed by atoms with E-state index in [0.717, 1.165) is 18.0 Å². The lowest BCUT2D eigenvalue weighted by Gasteiger charge is -2.08. The molecule has 0 spiro atoms.